The number of ketones is 1. The fraction of sp³-hybridized carbons (Fsp3) is 0.897. The van der Waals surface area contributed by atoms with Crippen molar-refractivity contribution in [1.29, 1.82) is 0 Å². The Labute approximate surface area is 191 Å². The lowest BCUT2D eigenvalue weighted by molar-refractivity contribution is -0.123. The first kappa shape index (κ1) is 23.4. The quantitative estimate of drug-likeness (QED) is 0.464. The zero-order valence-corrected chi connectivity index (χ0v) is 21.2. The molecule has 0 aromatic rings. The molecule has 0 bridgehead atoms. The Morgan fingerprint density at radius 2 is 1.77 bits per heavy atom. The van der Waals surface area contributed by atoms with Crippen LogP contribution in [0.25, 0.3) is 0 Å². The predicted molar refractivity (Wildman–Crippen MR) is 129 cm³/mol. The van der Waals surface area contributed by atoms with Crippen LogP contribution < -0.4 is 0 Å². The van der Waals surface area contributed by atoms with Gasteiger partial charge in [-0.2, -0.15) is 0 Å². The summed E-state index contributed by atoms with van der Waals surface area (Å²) in [5.74, 6) is 6.30. The number of aliphatic hydroxyl groups is 1. The van der Waals surface area contributed by atoms with Gasteiger partial charge in [-0.15, -0.1) is 0 Å². The molecule has 4 rings (SSSR count). The monoisotopic (exact) mass is 428 g/mol. The van der Waals surface area contributed by atoms with E-state index in [2.05, 4.69) is 41.5 Å². The summed E-state index contributed by atoms with van der Waals surface area (Å²) in [4.78, 5) is 12.1. The van der Waals surface area contributed by atoms with Crippen molar-refractivity contribution in [2.24, 2.45) is 52.3 Å². The van der Waals surface area contributed by atoms with Gasteiger partial charge in [0.2, 0.25) is 0 Å². The highest BCUT2D eigenvalue weighted by atomic mass is 16.3. The van der Waals surface area contributed by atoms with E-state index in [0.29, 0.717) is 41.6 Å². The van der Waals surface area contributed by atoms with Crippen molar-refractivity contribution in [3.63, 3.8) is 0 Å². The van der Waals surface area contributed by atoms with Crippen molar-refractivity contribution < 1.29 is 9.90 Å². The molecule has 0 saturated heterocycles. The molecular weight excluding hydrogens is 380 g/mol. The number of hydrogen-bond donors (Lipinski definition) is 1. The largest absolute Gasteiger partial charge is 0.512 e. The fourth-order valence-corrected chi connectivity index (χ4v) is 9.25. The van der Waals surface area contributed by atoms with Gasteiger partial charge in [-0.3, -0.25) is 4.79 Å². The third kappa shape index (κ3) is 3.82. The van der Waals surface area contributed by atoms with Crippen LogP contribution in [0.2, 0.25) is 0 Å². The summed E-state index contributed by atoms with van der Waals surface area (Å²) in [7, 11) is 0. The molecule has 4 aliphatic carbocycles. The molecule has 1 N–H and O–H groups in total. The second kappa shape index (κ2) is 8.53. The molecule has 3 saturated carbocycles. The van der Waals surface area contributed by atoms with Crippen molar-refractivity contribution in [3.05, 3.63) is 11.3 Å². The Kier molecular flexibility index (Phi) is 6.43. The molecular formula is C29H48O2. The molecule has 0 amide bonds. The van der Waals surface area contributed by atoms with Gasteiger partial charge in [0.15, 0.2) is 0 Å². The number of fused-ring (bicyclic) bond motifs is 5. The van der Waals surface area contributed by atoms with Crippen LogP contribution in [0.1, 0.15) is 112 Å². The number of Topliss-reactive ketones (excluding diaryl/α,β-unsaturated/α-hetero) is 1. The third-order valence-electron chi connectivity index (χ3n) is 11.2. The van der Waals surface area contributed by atoms with E-state index in [4.69, 9.17) is 0 Å². The van der Waals surface area contributed by atoms with Gasteiger partial charge >= 0.3 is 0 Å². The van der Waals surface area contributed by atoms with Crippen LogP contribution in [0.15, 0.2) is 11.3 Å². The van der Waals surface area contributed by atoms with Gasteiger partial charge in [0.25, 0.3) is 0 Å². The van der Waals surface area contributed by atoms with Gasteiger partial charge in [-0.05, 0) is 96.4 Å². The molecule has 4 aliphatic rings. The number of carbonyl (C=O) groups excluding carboxylic acids is 1. The zero-order chi connectivity index (χ0) is 22.6. The molecule has 3 fully saturated rings. The standard InChI is InChI=1S/C29H48O2/c1-7-20(18(2)3)9-8-19(4)23-10-11-24-22-17-27(31)26-16-21(30)12-14-29(26,6)25(22)13-15-28(23,24)5/h18-20,22-25,31H,7-17H2,1-6H3/t19-,20-,22+,23-,24+,25+,28-,29-/m1/s1. The highest BCUT2D eigenvalue weighted by Gasteiger charge is 2.60. The molecule has 0 aliphatic heterocycles. The van der Waals surface area contributed by atoms with Crippen LogP contribution in [0.4, 0.5) is 0 Å². The number of allylic oxidation sites excluding steroid dienone is 2. The van der Waals surface area contributed by atoms with E-state index in [0.717, 1.165) is 48.0 Å². The van der Waals surface area contributed by atoms with E-state index in [1.54, 1.807) is 0 Å². The van der Waals surface area contributed by atoms with E-state index >= 15 is 0 Å². The van der Waals surface area contributed by atoms with E-state index in [-0.39, 0.29) is 5.41 Å². The van der Waals surface area contributed by atoms with Crippen LogP contribution in [0, 0.1) is 52.3 Å². The first-order valence-electron chi connectivity index (χ1n) is 13.5. The highest BCUT2D eigenvalue weighted by molar-refractivity contribution is 5.82. The Balaban J connectivity index is 1.51. The van der Waals surface area contributed by atoms with Gasteiger partial charge in [0.1, 0.15) is 5.78 Å². The van der Waals surface area contributed by atoms with Crippen molar-refractivity contribution >= 4 is 5.78 Å². The molecule has 176 valence electrons. The van der Waals surface area contributed by atoms with E-state index < -0.39 is 0 Å². The Hall–Kier alpha value is -0.790. The topological polar surface area (TPSA) is 37.3 Å². The van der Waals surface area contributed by atoms with Crippen LogP contribution in [-0.4, -0.2) is 10.9 Å². The van der Waals surface area contributed by atoms with Crippen LogP contribution in [0.3, 0.4) is 0 Å². The summed E-state index contributed by atoms with van der Waals surface area (Å²) in [6.07, 6.45) is 12.5. The SMILES string of the molecule is CC[C@H](CC[C@@H](C)[C@H]1CC[C@H]2[C@@H]3CC(O)=C4CC(=O)CC[C@]4(C)[C@H]3CC[C@]12C)C(C)C. The van der Waals surface area contributed by atoms with Crippen LogP contribution in [0.5, 0.6) is 0 Å². The molecule has 2 nitrogen and oxygen atoms in total. The van der Waals surface area contributed by atoms with Gasteiger partial charge in [-0.1, -0.05) is 54.4 Å². The van der Waals surface area contributed by atoms with E-state index in [1.807, 2.05) is 0 Å². The van der Waals surface area contributed by atoms with Crippen molar-refractivity contribution in [3.8, 4) is 0 Å². The summed E-state index contributed by atoms with van der Waals surface area (Å²) in [6.45, 7) is 14.7. The maximum Gasteiger partial charge on any atom is 0.137 e. The normalized spacial score (nSPS) is 42.2. The van der Waals surface area contributed by atoms with Crippen LogP contribution >= 0.6 is 0 Å². The van der Waals surface area contributed by atoms with Gasteiger partial charge in [0, 0.05) is 19.3 Å². The minimum absolute atomic E-state index is 0.0670. The molecule has 0 spiro atoms. The molecule has 0 unspecified atom stereocenters. The number of aliphatic hydroxyl groups excluding tert-OH is 1. The maximum absolute atomic E-state index is 12.1. The molecule has 0 heterocycles. The van der Waals surface area contributed by atoms with Gasteiger partial charge in [0.05, 0.1) is 5.76 Å². The second-order valence-corrected chi connectivity index (χ2v) is 12.8. The Bertz CT molecular complexity index is 720. The van der Waals surface area contributed by atoms with Crippen LogP contribution in [-0.2, 0) is 4.79 Å². The maximum atomic E-state index is 12.1. The lowest BCUT2D eigenvalue weighted by Gasteiger charge is -2.58. The summed E-state index contributed by atoms with van der Waals surface area (Å²) in [6, 6.07) is 0. The van der Waals surface area contributed by atoms with Crippen molar-refractivity contribution in [2.45, 2.75) is 112 Å². The first-order chi connectivity index (χ1) is 14.6. The second-order valence-electron chi connectivity index (χ2n) is 12.8. The number of hydrogen-bond acceptors (Lipinski definition) is 2. The third-order valence-corrected chi connectivity index (χ3v) is 11.2. The Morgan fingerprint density at radius 3 is 2.45 bits per heavy atom. The smallest absolute Gasteiger partial charge is 0.137 e. The minimum Gasteiger partial charge on any atom is -0.512 e. The Morgan fingerprint density at radius 1 is 1.03 bits per heavy atom. The van der Waals surface area contributed by atoms with Crippen molar-refractivity contribution in [1.82, 2.24) is 0 Å². The highest BCUT2D eigenvalue weighted by Crippen LogP contribution is 2.67. The average Bonchev–Trinajstić information content (AvgIpc) is 3.07. The molecule has 0 aromatic heterocycles. The molecule has 2 heteroatoms. The molecule has 0 aromatic carbocycles. The lowest BCUT2D eigenvalue weighted by atomic mass is 9.46. The summed E-state index contributed by atoms with van der Waals surface area (Å²) < 4.78 is 0. The van der Waals surface area contributed by atoms with Gasteiger partial charge in [-0.25, -0.2) is 0 Å². The van der Waals surface area contributed by atoms with E-state index in [1.165, 1.54) is 44.9 Å². The van der Waals surface area contributed by atoms with E-state index in [9.17, 15) is 9.90 Å². The first-order valence-corrected chi connectivity index (χ1v) is 13.5. The van der Waals surface area contributed by atoms with Gasteiger partial charge < -0.3 is 5.11 Å². The zero-order valence-electron chi connectivity index (χ0n) is 21.2. The number of carbonyl (C=O) groups is 1. The molecule has 8 atom stereocenters. The summed E-state index contributed by atoms with van der Waals surface area (Å²) in [5, 5.41) is 11.1. The summed E-state index contributed by atoms with van der Waals surface area (Å²) in [5.41, 5.74) is 1.63. The summed E-state index contributed by atoms with van der Waals surface area (Å²) >= 11 is 0. The molecule has 0 radical (unpaired) electrons. The lowest BCUT2D eigenvalue weighted by Crippen LogP contribution is -2.51. The fourth-order valence-electron chi connectivity index (χ4n) is 9.25. The number of rotatable bonds is 6. The van der Waals surface area contributed by atoms with Crippen molar-refractivity contribution in [2.75, 3.05) is 0 Å². The molecule has 31 heavy (non-hydrogen) atoms. The average molecular weight is 429 g/mol. The minimum atomic E-state index is 0.0670. The predicted octanol–water partition coefficient (Wildman–Crippen LogP) is 8.12.